The number of thiophene rings is 1. The molecule has 14 aromatic carbocycles. The third kappa shape index (κ3) is 5.29. The molecule has 0 amide bonds. The molecule has 15 aromatic rings. The molecule has 0 nitrogen and oxygen atoms in total. The molecule has 1 heteroatoms. The maximum Gasteiger partial charge on any atom is 0.0362 e. The van der Waals surface area contributed by atoms with E-state index in [1.54, 1.807) is 0 Å². The smallest absolute Gasteiger partial charge is 0.0362 e. The molecule has 0 radical (unpaired) electrons. The average molecular weight is 863 g/mol. The second-order valence-electron chi connectivity index (χ2n) is 18.2. The van der Waals surface area contributed by atoms with Crippen molar-refractivity contribution in [1.82, 2.24) is 0 Å². The highest BCUT2D eigenvalue weighted by atomic mass is 32.1. The normalized spacial score (nSPS) is 12.2. The molecule has 0 N–H and O–H groups in total. The van der Waals surface area contributed by atoms with E-state index in [2.05, 4.69) is 231 Å². The van der Waals surface area contributed by atoms with Crippen LogP contribution < -0.4 is 0 Å². The van der Waals surface area contributed by atoms with Crippen LogP contribution in [0, 0.1) is 0 Å². The summed E-state index contributed by atoms with van der Waals surface area (Å²) >= 11 is 1.91. The van der Waals surface area contributed by atoms with E-state index >= 15 is 0 Å². The van der Waals surface area contributed by atoms with E-state index in [-0.39, 0.29) is 0 Å². The molecule has 0 aliphatic rings. The number of fused-ring (bicyclic) bond motifs is 16. The van der Waals surface area contributed by atoms with Crippen molar-refractivity contribution in [1.29, 1.82) is 0 Å². The maximum atomic E-state index is 2.46. The van der Waals surface area contributed by atoms with E-state index in [1.165, 1.54) is 151 Å². The SMILES string of the molecule is c1ccc2c(c1)ccc1ccc(-c3c4ccccc4c(-c4c5ccccc5c(-c5ccc6c(c5)sc5cc7c8ccccc8c8ccccc8c7cc56)c5ccccc45)c4ccccc34)cc12. The second-order valence-corrected chi connectivity index (χ2v) is 19.3. The quantitative estimate of drug-likeness (QED) is 0.123. The van der Waals surface area contributed by atoms with Crippen LogP contribution in [0.4, 0.5) is 0 Å². The van der Waals surface area contributed by atoms with Crippen molar-refractivity contribution in [2.24, 2.45) is 0 Å². The van der Waals surface area contributed by atoms with Crippen LogP contribution in [0.15, 0.2) is 231 Å². The molecule has 0 spiro atoms. The highest BCUT2D eigenvalue weighted by molar-refractivity contribution is 7.26. The van der Waals surface area contributed by atoms with Crippen molar-refractivity contribution < 1.29 is 0 Å². The van der Waals surface area contributed by atoms with Gasteiger partial charge in [0, 0.05) is 20.2 Å². The van der Waals surface area contributed by atoms with Crippen molar-refractivity contribution in [3.8, 4) is 33.4 Å². The zero-order valence-corrected chi connectivity index (χ0v) is 37.2. The Hall–Kier alpha value is -8.36. The molecule has 0 atom stereocenters. The third-order valence-corrected chi connectivity index (χ3v) is 15.9. The monoisotopic (exact) mass is 862 g/mol. The van der Waals surface area contributed by atoms with Gasteiger partial charge >= 0.3 is 0 Å². The van der Waals surface area contributed by atoms with Crippen molar-refractivity contribution in [3.63, 3.8) is 0 Å². The Balaban J connectivity index is 0.982. The first-order valence-electron chi connectivity index (χ1n) is 23.2. The second kappa shape index (κ2) is 14.1. The Morgan fingerprint density at radius 1 is 0.179 bits per heavy atom. The molecule has 67 heavy (non-hydrogen) atoms. The molecular formula is C66H38S. The van der Waals surface area contributed by atoms with Crippen molar-refractivity contribution in [2.45, 2.75) is 0 Å². The standard InChI is InChI=1S/C66H38S/c1-2-16-43-39(15-1)29-30-40-31-32-41(35-57(40)43)63-49-21-7-11-25-53(49)65(54-26-12-8-22-50(54)63)66-55-27-13-9-23-51(55)64(52-24-10-14-28-56(52)66)42-33-34-48-60-37-58-46-19-5-3-17-44(46)45-18-4-6-20-47(45)59(58)38-62(60)67-61(48)36-42/h1-38H. The van der Waals surface area contributed by atoms with Gasteiger partial charge in [-0.15, -0.1) is 11.3 Å². The molecule has 0 unspecified atom stereocenters. The van der Waals surface area contributed by atoms with Crippen LogP contribution >= 0.6 is 11.3 Å². The summed E-state index contributed by atoms with van der Waals surface area (Å²) in [6, 6.07) is 86.7. The Morgan fingerprint density at radius 3 is 1.03 bits per heavy atom. The van der Waals surface area contributed by atoms with Crippen LogP contribution in [0.3, 0.4) is 0 Å². The fraction of sp³-hybridized carbons (Fsp3) is 0. The first kappa shape index (κ1) is 36.9. The van der Waals surface area contributed by atoms with Gasteiger partial charge in [-0.05, 0) is 155 Å². The van der Waals surface area contributed by atoms with Crippen LogP contribution in [0.25, 0.3) is 151 Å². The summed E-state index contributed by atoms with van der Waals surface area (Å²) in [6.07, 6.45) is 0. The van der Waals surface area contributed by atoms with E-state index in [0.717, 1.165) is 0 Å². The van der Waals surface area contributed by atoms with Crippen molar-refractivity contribution in [2.75, 3.05) is 0 Å². The van der Waals surface area contributed by atoms with Crippen LogP contribution in [0.2, 0.25) is 0 Å². The Kier molecular flexibility index (Phi) is 7.75. The lowest BCUT2D eigenvalue weighted by molar-refractivity contribution is 1.69. The molecule has 0 aliphatic carbocycles. The van der Waals surface area contributed by atoms with Gasteiger partial charge in [-0.2, -0.15) is 0 Å². The first-order chi connectivity index (χ1) is 33.2. The highest BCUT2D eigenvalue weighted by Gasteiger charge is 2.23. The minimum Gasteiger partial charge on any atom is -0.135 e. The summed E-state index contributed by atoms with van der Waals surface area (Å²) in [5.41, 5.74) is 7.61. The topological polar surface area (TPSA) is 0 Å². The molecule has 0 aliphatic heterocycles. The summed E-state index contributed by atoms with van der Waals surface area (Å²) in [5, 5.41) is 25.7. The predicted octanol–water partition coefficient (Wildman–Crippen LogP) is 19.4. The molecule has 308 valence electrons. The Bertz CT molecular complexity index is 4510. The van der Waals surface area contributed by atoms with Crippen LogP contribution in [-0.2, 0) is 0 Å². The molecule has 0 fully saturated rings. The molecule has 0 bridgehead atoms. The zero-order valence-electron chi connectivity index (χ0n) is 36.3. The van der Waals surface area contributed by atoms with Gasteiger partial charge in [-0.1, -0.05) is 206 Å². The van der Waals surface area contributed by atoms with Crippen LogP contribution in [0.1, 0.15) is 0 Å². The lowest BCUT2D eigenvalue weighted by Crippen LogP contribution is -1.94. The molecule has 1 aromatic heterocycles. The highest BCUT2D eigenvalue weighted by Crippen LogP contribution is 2.51. The lowest BCUT2D eigenvalue weighted by Gasteiger charge is -2.22. The minimum absolute atomic E-state index is 1.24. The zero-order chi connectivity index (χ0) is 43.7. The molecular weight excluding hydrogens is 825 g/mol. The first-order valence-corrected chi connectivity index (χ1v) is 24.1. The lowest BCUT2D eigenvalue weighted by atomic mass is 9.81. The fourth-order valence-corrected chi connectivity index (χ4v) is 13.1. The summed E-state index contributed by atoms with van der Waals surface area (Å²) in [7, 11) is 0. The molecule has 15 rings (SSSR count). The summed E-state index contributed by atoms with van der Waals surface area (Å²) in [6.45, 7) is 0. The van der Waals surface area contributed by atoms with Gasteiger partial charge in [-0.3, -0.25) is 0 Å². The molecule has 0 saturated heterocycles. The fourth-order valence-electron chi connectivity index (χ4n) is 11.9. The molecule has 1 heterocycles. The van der Waals surface area contributed by atoms with Gasteiger partial charge < -0.3 is 0 Å². The van der Waals surface area contributed by atoms with Crippen LogP contribution in [-0.4, -0.2) is 0 Å². The van der Waals surface area contributed by atoms with Gasteiger partial charge in [0.15, 0.2) is 0 Å². The molecule has 0 saturated carbocycles. The average Bonchev–Trinajstić information content (AvgIpc) is 3.76. The number of hydrogen-bond donors (Lipinski definition) is 0. The number of benzene rings is 14. The third-order valence-electron chi connectivity index (χ3n) is 14.8. The van der Waals surface area contributed by atoms with Gasteiger partial charge in [0.05, 0.1) is 0 Å². The summed E-state index contributed by atoms with van der Waals surface area (Å²) < 4.78 is 2.63. The summed E-state index contributed by atoms with van der Waals surface area (Å²) in [5.74, 6) is 0. The van der Waals surface area contributed by atoms with Crippen molar-refractivity contribution in [3.05, 3.63) is 231 Å². The van der Waals surface area contributed by atoms with E-state index < -0.39 is 0 Å². The predicted molar refractivity (Wildman–Crippen MR) is 293 cm³/mol. The number of hydrogen-bond acceptors (Lipinski definition) is 1. The summed E-state index contributed by atoms with van der Waals surface area (Å²) in [4.78, 5) is 0. The van der Waals surface area contributed by atoms with E-state index in [0.29, 0.717) is 0 Å². The van der Waals surface area contributed by atoms with E-state index in [1.807, 2.05) is 11.3 Å². The van der Waals surface area contributed by atoms with E-state index in [4.69, 9.17) is 0 Å². The minimum atomic E-state index is 1.24. The van der Waals surface area contributed by atoms with Crippen LogP contribution in [0.5, 0.6) is 0 Å². The van der Waals surface area contributed by atoms with Gasteiger partial charge in [0.1, 0.15) is 0 Å². The maximum absolute atomic E-state index is 2.46. The van der Waals surface area contributed by atoms with Gasteiger partial charge in [0.25, 0.3) is 0 Å². The Morgan fingerprint density at radius 2 is 0.522 bits per heavy atom. The Labute approximate surface area is 390 Å². The number of rotatable bonds is 3. The largest absolute Gasteiger partial charge is 0.135 e. The van der Waals surface area contributed by atoms with Gasteiger partial charge in [-0.25, -0.2) is 0 Å². The van der Waals surface area contributed by atoms with Gasteiger partial charge in [0.2, 0.25) is 0 Å². The van der Waals surface area contributed by atoms with E-state index in [9.17, 15) is 0 Å². The van der Waals surface area contributed by atoms with Crippen molar-refractivity contribution >= 4 is 128 Å².